The highest BCUT2D eigenvalue weighted by atomic mass is 16.2. The minimum Gasteiger partial charge on any atom is -0.322 e. The maximum Gasteiger partial charge on any atom is 0.229 e. The quantitative estimate of drug-likeness (QED) is 0.512. The molecule has 0 N–H and O–H groups in total. The van der Waals surface area contributed by atoms with E-state index in [0.29, 0.717) is 17.7 Å². The lowest BCUT2D eigenvalue weighted by Crippen LogP contribution is -2.34. The van der Waals surface area contributed by atoms with E-state index in [4.69, 9.17) is 0 Å². The molecule has 0 saturated heterocycles. The Bertz CT molecular complexity index is 210. The number of rotatable bonds is 0. The van der Waals surface area contributed by atoms with Gasteiger partial charge in [-0.3, -0.25) is 4.79 Å². The topological polar surface area (TPSA) is 20.3 Å². The van der Waals surface area contributed by atoms with Gasteiger partial charge in [0.05, 0.1) is 0 Å². The average Bonchev–Trinajstić information content (AvgIpc) is 2.45. The summed E-state index contributed by atoms with van der Waals surface area (Å²) in [6.07, 6.45) is 7.62. The van der Waals surface area contributed by atoms with Gasteiger partial charge >= 0.3 is 0 Å². The fourth-order valence-electron chi connectivity index (χ4n) is 2.10. The largest absolute Gasteiger partial charge is 0.322 e. The lowest BCUT2D eigenvalue weighted by atomic mass is 9.92. The third-order valence-corrected chi connectivity index (χ3v) is 2.79. The molecule has 2 rings (SSSR count). The molecule has 1 fully saturated rings. The highest BCUT2D eigenvalue weighted by Crippen LogP contribution is 2.36. The van der Waals surface area contributed by atoms with Gasteiger partial charge < -0.3 is 4.90 Å². The summed E-state index contributed by atoms with van der Waals surface area (Å²) >= 11 is 0. The van der Waals surface area contributed by atoms with E-state index in [0.717, 1.165) is 6.42 Å². The van der Waals surface area contributed by atoms with Crippen LogP contribution in [0, 0.1) is 11.8 Å². The van der Waals surface area contributed by atoms with Gasteiger partial charge in [0.25, 0.3) is 0 Å². The van der Waals surface area contributed by atoms with Gasteiger partial charge in [0.1, 0.15) is 0 Å². The Hall–Kier alpha value is -0.790. The maximum absolute atomic E-state index is 11.5. The van der Waals surface area contributed by atoms with Crippen LogP contribution >= 0.6 is 0 Å². The molecule has 0 bridgehead atoms. The third-order valence-electron chi connectivity index (χ3n) is 2.79. The van der Waals surface area contributed by atoms with Gasteiger partial charge in [-0.2, -0.15) is 0 Å². The summed E-state index contributed by atoms with van der Waals surface area (Å²) in [5, 5.41) is 0. The predicted octanol–water partition coefficient (Wildman–Crippen LogP) is 1.39. The highest BCUT2D eigenvalue weighted by Gasteiger charge is 2.35. The fraction of sp³-hybridized carbons (Fsp3) is 0.667. The van der Waals surface area contributed by atoms with Crippen molar-refractivity contribution >= 4 is 5.91 Å². The molecular weight excluding hydrogens is 138 g/mol. The zero-order chi connectivity index (χ0) is 7.84. The van der Waals surface area contributed by atoms with E-state index < -0.39 is 0 Å². The minimum absolute atomic E-state index is 0.310. The molecule has 1 aliphatic heterocycles. The number of fused-ring (bicyclic) bond motifs is 1. The van der Waals surface area contributed by atoms with Gasteiger partial charge in [-0.15, -0.1) is 0 Å². The summed E-state index contributed by atoms with van der Waals surface area (Å²) in [4.78, 5) is 13.2. The van der Waals surface area contributed by atoms with E-state index in [-0.39, 0.29) is 0 Å². The van der Waals surface area contributed by atoms with Crippen LogP contribution in [0.25, 0.3) is 0 Å². The number of hydrogen-bond acceptors (Lipinski definition) is 1. The third kappa shape index (κ3) is 0.971. The zero-order valence-electron chi connectivity index (χ0n) is 6.79. The SMILES string of the molecule is CN1C=CC2CCCC2C1=O. The summed E-state index contributed by atoms with van der Waals surface area (Å²) < 4.78 is 0. The van der Waals surface area contributed by atoms with E-state index in [1.54, 1.807) is 4.90 Å². The van der Waals surface area contributed by atoms with Crippen molar-refractivity contribution in [3.8, 4) is 0 Å². The first-order chi connectivity index (χ1) is 5.29. The second-order valence-corrected chi connectivity index (χ2v) is 3.49. The molecule has 1 heterocycles. The van der Waals surface area contributed by atoms with Gasteiger partial charge in [0.15, 0.2) is 0 Å². The summed E-state index contributed by atoms with van der Waals surface area (Å²) in [6, 6.07) is 0. The van der Waals surface area contributed by atoms with Crippen molar-refractivity contribution in [3.63, 3.8) is 0 Å². The van der Waals surface area contributed by atoms with Crippen molar-refractivity contribution < 1.29 is 4.79 Å². The van der Waals surface area contributed by atoms with Crippen LogP contribution in [0.1, 0.15) is 19.3 Å². The minimum atomic E-state index is 0.310. The second-order valence-electron chi connectivity index (χ2n) is 3.49. The first-order valence-corrected chi connectivity index (χ1v) is 4.24. The van der Waals surface area contributed by atoms with Gasteiger partial charge in [-0.1, -0.05) is 12.5 Å². The van der Waals surface area contributed by atoms with E-state index in [9.17, 15) is 4.79 Å². The highest BCUT2D eigenvalue weighted by molar-refractivity contribution is 5.81. The summed E-state index contributed by atoms with van der Waals surface area (Å²) in [5.41, 5.74) is 0. The van der Waals surface area contributed by atoms with Crippen LogP contribution in [-0.2, 0) is 4.79 Å². The molecule has 11 heavy (non-hydrogen) atoms. The molecule has 1 saturated carbocycles. The average molecular weight is 151 g/mol. The lowest BCUT2D eigenvalue weighted by molar-refractivity contribution is -0.133. The van der Waals surface area contributed by atoms with Crippen molar-refractivity contribution in [1.82, 2.24) is 4.90 Å². The predicted molar refractivity (Wildman–Crippen MR) is 42.7 cm³/mol. The van der Waals surface area contributed by atoms with E-state index in [2.05, 4.69) is 6.08 Å². The molecule has 1 amide bonds. The zero-order valence-corrected chi connectivity index (χ0v) is 6.79. The number of amides is 1. The van der Waals surface area contributed by atoms with Gasteiger partial charge in [0, 0.05) is 19.2 Å². The Morgan fingerprint density at radius 2 is 2.36 bits per heavy atom. The second kappa shape index (κ2) is 2.36. The van der Waals surface area contributed by atoms with Crippen LogP contribution < -0.4 is 0 Å². The normalized spacial score (nSPS) is 36.1. The first kappa shape index (κ1) is 6.89. The van der Waals surface area contributed by atoms with Crippen LogP contribution in [0.3, 0.4) is 0 Å². The van der Waals surface area contributed by atoms with Crippen molar-refractivity contribution in [2.45, 2.75) is 19.3 Å². The summed E-state index contributed by atoms with van der Waals surface area (Å²) in [7, 11) is 1.84. The lowest BCUT2D eigenvalue weighted by Gasteiger charge is -2.25. The number of carbonyl (C=O) groups excluding carboxylic acids is 1. The maximum atomic E-state index is 11.5. The number of nitrogens with zero attached hydrogens (tertiary/aromatic N) is 1. The van der Waals surface area contributed by atoms with Gasteiger partial charge in [-0.05, 0) is 18.8 Å². The van der Waals surface area contributed by atoms with Crippen LogP contribution in [0.15, 0.2) is 12.3 Å². The smallest absolute Gasteiger partial charge is 0.229 e. The molecule has 2 heteroatoms. The summed E-state index contributed by atoms with van der Waals surface area (Å²) in [5.74, 6) is 1.18. The Balaban J connectivity index is 2.24. The van der Waals surface area contributed by atoms with Crippen LogP contribution in [0.4, 0.5) is 0 Å². The van der Waals surface area contributed by atoms with E-state index in [1.165, 1.54) is 12.8 Å². The molecule has 0 aromatic carbocycles. The van der Waals surface area contributed by atoms with Gasteiger partial charge in [0.2, 0.25) is 5.91 Å². The van der Waals surface area contributed by atoms with Crippen molar-refractivity contribution in [2.75, 3.05) is 7.05 Å². The standard InChI is InChI=1S/C9H13NO/c1-10-6-5-7-3-2-4-8(7)9(10)11/h5-8H,2-4H2,1H3. The van der Waals surface area contributed by atoms with E-state index in [1.807, 2.05) is 13.2 Å². The first-order valence-electron chi connectivity index (χ1n) is 4.24. The van der Waals surface area contributed by atoms with E-state index >= 15 is 0 Å². The van der Waals surface area contributed by atoms with Gasteiger partial charge in [-0.25, -0.2) is 0 Å². The Kier molecular flexibility index (Phi) is 1.48. The number of hydrogen-bond donors (Lipinski definition) is 0. The molecule has 0 spiro atoms. The molecule has 2 atom stereocenters. The van der Waals surface area contributed by atoms with Crippen molar-refractivity contribution in [3.05, 3.63) is 12.3 Å². The van der Waals surface area contributed by atoms with Crippen LogP contribution in [-0.4, -0.2) is 17.9 Å². The number of allylic oxidation sites excluding steroid dienone is 1. The molecule has 2 unspecified atom stereocenters. The molecule has 1 aliphatic carbocycles. The Morgan fingerprint density at radius 3 is 3.18 bits per heavy atom. The molecule has 2 aliphatic rings. The molecule has 60 valence electrons. The fourth-order valence-corrected chi connectivity index (χ4v) is 2.10. The molecule has 0 aromatic rings. The molecule has 0 aromatic heterocycles. The molecule has 0 radical (unpaired) electrons. The Labute approximate surface area is 66.9 Å². The molecule has 2 nitrogen and oxygen atoms in total. The molecular formula is C9H13NO. The number of carbonyl (C=O) groups is 1. The van der Waals surface area contributed by atoms with Crippen molar-refractivity contribution in [2.24, 2.45) is 11.8 Å². The summed E-state index contributed by atoms with van der Waals surface area (Å²) in [6.45, 7) is 0. The van der Waals surface area contributed by atoms with Crippen molar-refractivity contribution in [1.29, 1.82) is 0 Å². The Morgan fingerprint density at radius 1 is 1.55 bits per heavy atom. The monoisotopic (exact) mass is 151 g/mol. The van der Waals surface area contributed by atoms with Crippen LogP contribution in [0.5, 0.6) is 0 Å². The van der Waals surface area contributed by atoms with Crippen LogP contribution in [0.2, 0.25) is 0 Å².